The van der Waals surface area contributed by atoms with Crippen LogP contribution in [0.5, 0.6) is 0 Å². The summed E-state index contributed by atoms with van der Waals surface area (Å²) in [5, 5.41) is 20.4. The molecule has 0 aromatic heterocycles. The summed E-state index contributed by atoms with van der Waals surface area (Å²) in [5.41, 5.74) is 4.42. The Balaban J connectivity index is 0.985. The highest BCUT2D eigenvalue weighted by Crippen LogP contribution is 2.50. The van der Waals surface area contributed by atoms with Gasteiger partial charge >= 0.3 is 0 Å². The highest BCUT2D eigenvalue weighted by Gasteiger charge is 2.51. The van der Waals surface area contributed by atoms with Gasteiger partial charge in [-0.05, 0) is 25.2 Å². The number of amides is 1. The van der Waals surface area contributed by atoms with Gasteiger partial charge < -0.3 is 26.0 Å². The zero-order chi connectivity index (χ0) is 27.2. The number of morpholine rings is 1. The van der Waals surface area contributed by atoms with Gasteiger partial charge in [0, 0.05) is 55.6 Å². The van der Waals surface area contributed by atoms with Crippen LogP contribution in [0.15, 0.2) is 11.1 Å². The fourth-order valence-electron chi connectivity index (χ4n) is 7.64. The van der Waals surface area contributed by atoms with Gasteiger partial charge in [0.2, 0.25) is 5.91 Å². The number of thioether (sulfide) groups is 3. The zero-order valence-electron chi connectivity index (χ0n) is 23.0. The summed E-state index contributed by atoms with van der Waals surface area (Å²) in [6.07, 6.45) is 7.92. The van der Waals surface area contributed by atoms with E-state index in [2.05, 4.69) is 37.2 Å². The number of nitrogens with one attached hydrogen (secondary N) is 5. The molecule has 1 aliphatic carbocycles. The van der Waals surface area contributed by atoms with E-state index in [9.17, 15) is 9.59 Å². The van der Waals surface area contributed by atoms with E-state index in [1.54, 1.807) is 0 Å². The fraction of sp³-hybridized carbons (Fsp3) is 0.852. The maximum Gasteiger partial charge on any atom is 0.226 e. The van der Waals surface area contributed by atoms with E-state index in [0.29, 0.717) is 34.5 Å². The predicted octanol–water partition coefficient (Wildman–Crippen LogP) is -0.695. The number of carbonyl (C=O) groups excluding carboxylic acids is 2. The van der Waals surface area contributed by atoms with Gasteiger partial charge in [-0.15, -0.1) is 35.3 Å². The second-order valence-electron chi connectivity index (χ2n) is 12.4. The van der Waals surface area contributed by atoms with Gasteiger partial charge in [0.1, 0.15) is 0 Å². The molecule has 5 saturated heterocycles. The first kappa shape index (κ1) is 28.3. The predicted molar refractivity (Wildman–Crippen MR) is 160 cm³/mol. The Morgan fingerprint density at radius 2 is 1.95 bits per heavy atom. The van der Waals surface area contributed by atoms with Crippen molar-refractivity contribution in [2.75, 3.05) is 45.1 Å². The monoisotopic (exact) mass is 610 g/mol. The number of carbonyl (C=O) groups is 2. The minimum atomic E-state index is -0.0594. The number of hydrogen-bond donors (Lipinski definition) is 6. The largest absolute Gasteiger partial charge is 0.378 e. The van der Waals surface area contributed by atoms with Gasteiger partial charge in [0.15, 0.2) is 5.78 Å². The molecule has 7 rings (SSSR count). The van der Waals surface area contributed by atoms with Crippen LogP contribution in [0, 0.1) is 17.8 Å². The maximum absolute atomic E-state index is 13.1. The Bertz CT molecular complexity index is 1000. The molecule has 1 saturated carbocycles. The zero-order valence-corrected chi connectivity index (χ0v) is 25.5. The molecule has 7 aliphatic rings. The van der Waals surface area contributed by atoms with Crippen LogP contribution in [-0.2, 0) is 14.3 Å². The van der Waals surface area contributed by atoms with E-state index in [1.165, 1.54) is 25.7 Å². The minimum Gasteiger partial charge on any atom is -0.378 e. The van der Waals surface area contributed by atoms with E-state index < -0.39 is 0 Å². The molecule has 6 fully saturated rings. The van der Waals surface area contributed by atoms with Gasteiger partial charge in [-0.25, -0.2) is 0 Å². The summed E-state index contributed by atoms with van der Waals surface area (Å²) in [4.78, 5) is 28.3. The molecule has 0 bridgehead atoms. The van der Waals surface area contributed by atoms with Gasteiger partial charge in [-0.1, -0.05) is 6.42 Å². The van der Waals surface area contributed by atoms with E-state index >= 15 is 0 Å². The average molecular weight is 611 g/mol. The molecule has 9 unspecified atom stereocenters. The summed E-state index contributed by atoms with van der Waals surface area (Å²) in [7, 11) is 0. The molecule has 11 atom stereocenters. The van der Waals surface area contributed by atoms with Crippen molar-refractivity contribution in [2.45, 2.75) is 77.8 Å². The number of ketones is 1. The smallest absolute Gasteiger partial charge is 0.226 e. The van der Waals surface area contributed by atoms with Crippen molar-refractivity contribution in [3.05, 3.63) is 11.1 Å². The van der Waals surface area contributed by atoms with Crippen LogP contribution in [-0.4, -0.2) is 107 Å². The van der Waals surface area contributed by atoms with Crippen molar-refractivity contribution in [2.24, 2.45) is 17.8 Å². The number of piperidine rings is 1. The third kappa shape index (κ3) is 5.71. The van der Waals surface area contributed by atoms with Crippen molar-refractivity contribution >= 4 is 47.0 Å². The molecule has 0 radical (unpaired) electrons. The van der Waals surface area contributed by atoms with Gasteiger partial charge in [-0.2, -0.15) is 0 Å². The molecule has 222 valence electrons. The van der Waals surface area contributed by atoms with Crippen LogP contribution < -0.4 is 32.3 Å². The standard InChI is InChI=1S/C27H43N7O3S3/c28-16-3-1-2-4-17(16)31-19-9-14-11-29-26(36)22(14)25(32-19)33-20-12-30-27(39-20)15-13-38-24-18(35)10-21(40-23(15)24)34-5-7-37-8-6-34/h10,14-17,19-20,22-25,27,30-33H,1-9,11-13,28H2,(H,29,36)/p+1/t14?,15?,16-,17+,19?,20?,22?,23?,24?,25?,27?/m1/s1. The second kappa shape index (κ2) is 12.2. The Hall–Kier alpha value is -0.510. The summed E-state index contributed by atoms with van der Waals surface area (Å²) in [5.74, 6) is 2.17. The Morgan fingerprint density at radius 1 is 1.10 bits per heavy atom. The van der Waals surface area contributed by atoms with Gasteiger partial charge in [0.25, 0.3) is 0 Å². The highest BCUT2D eigenvalue weighted by atomic mass is 32.2. The normalized spacial score (nSPS) is 45.7. The minimum absolute atomic E-state index is 0.0428. The van der Waals surface area contributed by atoms with Gasteiger partial charge in [-0.3, -0.25) is 25.5 Å². The summed E-state index contributed by atoms with van der Waals surface area (Å²) >= 11 is 5.70. The van der Waals surface area contributed by atoms with Crippen LogP contribution in [0.4, 0.5) is 0 Å². The van der Waals surface area contributed by atoms with E-state index in [0.717, 1.165) is 56.6 Å². The number of rotatable bonds is 6. The highest BCUT2D eigenvalue weighted by molar-refractivity contribution is 8.07. The third-order valence-corrected chi connectivity index (χ3v) is 14.4. The number of fused-ring (bicyclic) bond motifs is 2. The fourth-order valence-corrected chi connectivity index (χ4v) is 12.8. The Kier molecular flexibility index (Phi) is 8.65. The molecule has 0 aromatic rings. The van der Waals surface area contributed by atoms with Crippen molar-refractivity contribution in [1.82, 2.24) is 31.5 Å². The number of ether oxygens (including phenoxy) is 1. The number of quaternary nitrogens is 1. The molecule has 8 N–H and O–H groups in total. The molecule has 0 spiro atoms. The van der Waals surface area contributed by atoms with Crippen LogP contribution in [0.1, 0.15) is 32.1 Å². The summed E-state index contributed by atoms with van der Waals surface area (Å²) in [6, 6.07) is 0.898. The first-order valence-electron chi connectivity index (χ1n) is 15.2. The van der Waals surface area contributed by atoms with Crippen LogP contribution >= 0.6 is 35.3 Å². The van der Waals surface area contributed by atoms with Gasteiger partial charge in [0.05, 0.1) is 64.6 Å². The molecule has 40 heavy (non-hydrogen) atoms. The maximum atomic E-state index is 13.1. The lowest BCUT2D eigenvalue weighted by Crippen LogP contribution is -2.73. The lowest BCUT2D eigenvalue weighted by atomic mass is 9.84. The molecule has 1 amide bonds. The van der Waals surface area contributed by atoms with Crippen LogP contribution in [0.3, 0.4) is 0 Å². The molecular weight excluding hydrogens is 567 g/mol. The van der Waals surface area contributed by atoms with Crippen LogP contribution in [0.25, 0.3) is 0 Å². The van der Waals surface area contributed by atoms with Crippen LogP contribution in [0.2, 0.25) is 0 Å². The number of allylic oxidation sites excluding steroid dienone is 1. The molecular formula is C27H44N7O3S3+. The van der Waals surface area contributed by atoms with Crippen molar-refractivity contribution < 1.29 is 20.1 Å². The topological polar surface area (TPSA) is 134 Å². The Morgan fingerprint density at radius 3 is 2.80 bits per heavy atom. The Labute approximate surface area is 249 Å². The van der Waals surface area contributed by atoms with Crippen molar-refractivity contribution in [1.29, 1.82) is 0 Å². The molecule has 13 heteroatoms. The lowest BCUT2D eigenvalue weighted by Gasteiger charge is -2.42. The lowest BCUT2D eigenvalue weighted by molar-refractivity contribution is -0.431. The first-order chi connectivity index (χ1) is 19.5. The quantitative estimate of drug-likeness (QED) is 0.228. The van der Waals surface area contributed by atoms with Crippen molar-refractivity contribution in [3.63, 3.8) is 0 Å². The summed E-state index contributed by atoms with van der Waals surface area (Å²) < 4.78 is 5.54. The number of nitrogens with zero attached hydrogens (tertiary/aromatic N) is 1. The SMILES string of the molecule is [NH3+][C@@H]1CCCC[C@@H]1NC1CC2CNC(=O)C2C(NC2CNC(C3CSC4C(=O)C=C(N5CCOCC5)SC43)S2)N1. The molecule has 6 aliphatic heterocycles. The number of hydrogen-bond acceptors (Lipinski definition) is 11. The van der Waals surface area contributed by atoms with E-state index in [4.69, 9.17) is 4.74 Å². The second-order valence-corrected chi connectivity index (χ2v) is 16.1. The average Bonchev–Trinajstić information content (AvgIpc) is 3.69. The van der Waals surface area contributed by atoms with Crippen molar-refractivity contribution in [3.8, 4) is 0 Å². The third-order valence-electron chi connectivity index (χ3n) is 9.84. The molecule has 0 aromatic carbocycles. The van der Waals surface area contributed by atoms with E-state index in [-0.39, 0.29) is 40.6 Å². The first-order valence-corrected chi connectivity index (χ1v) is 18.0. The molecule has 6 heterocycles. The van der Waals surface area contributed by atoms with E-state index in [1.807, 2.05) is 41.4 Å². The summed E-state index contributed by atoms with van der Waals surface area (Å²) in [6.45, 7) is 4.81. The molecule has 10 nitrogen and oxygen atoms in total.